The first kappa shape index (κ1) is 24.5. The molecule has 11 heteroatoms. The van der Waals surface area contributed by atoms with Crippen LogP contribution in [0.2, 0.25) is 0 Å². The molecule has 121 valence electrons. The second-order valence-electron chi connectivity index (χ2n) is 3.27. The minimum absolute atomic E-state index is 0. The molecule has 0 spiro atoms. The van der Waals surface area contributed by atoms with Crippen molar-refractivity contribution in [1.82, 2.24) is 0 Å². The molecule has 0 aromatic carbocycles. The first-order chi connectivity index (χ1) is 8.67. The minimum atomic E-state index is -4.91. The first-order valence-corrected chi connectivity index (χ1v) is 4.57. The summed E-state index contributed by atoms with van der Waals surface area (Å²) in [5.41, 5.74) is 0. The van der Waals surface area contributed by atoms with Gasteiger partial charge in [0.15, 0.2) is 0 Å². The van der Waals surface area contributed by atoms with Crippen molar-refractivity contribution in [2.75, 3.05) is 0 Å². The number of carbonyl (C=O) groups excluding carboxylic acids is 4. The van der Waals surface area contributed by atoms with Crippen LogP contribution in [-0.2, 0) is 36.2 Å². The largest absolute Gasteiger partial charge is 2.00 e. The van der Waals surface area contributed by atoms with Crippen LogP contribution >= 0.6 is 0 Å². The fraction of sp³-hybridized carbons (Fsp3) is 0.400. The molecule has 0 amide bonds. The molecule has 4 nitrogen and oxygen atoms in total. The summed E-state index contributed by atoms with van der Waals surface area (Å²) in [4.78, 5) is 39.5. The predicted molar refractivity (Wildman–Crippen MR) is 52.1 cm³/mol. The van der Waals surface area contributed by atoms with Gasteiger partial charge in [0.25, 0.3) is 0 Å². The second kappa shape index (κ2) is 9.45. The molecule has 0 aromatic rings. The molecule has 0 heterocycles. The van der Waals surface area contributed by atoms with E-state index >= 15 is 0 Å². The molecular weight excluding hydrogens is 353 g/mol. The van der Waals surface area contributed by atoms with Crippen molar-refractivity contribution in [2.45, 2.75) is 25.2 Å². The molecule has 0 unspecified atom stereocenters. The molecule has 0 rings (SSSR count). The monoisotopic (exact) mass is 361 g/mol. The number of alkyl halides is 6. The van der Waals surface area contributed by atoms with E-state index in [0.717, 1.165) is 0 Å². The Kier molecular flexibility index (Phi) is 11.0. The van der Waals surface area contributed by atoms with Crippen LogP contribution in [0.5, 0.6) is 0 Å². The van der Waals surface area contributed by atoms with E-state index in [2.05, 4.69) is 13.8 Å². The van der Waals surface area contributed by atoms with Gasteiger partial charge in [-0.1, -0.05) is 0 Å². The summed E-state index contributed by atoms with van der Waals surface area (Å²) in [6.45, 7) is 5.26. The topological polar surface area (TPSA) is 68.3 Å². The molecular formula is C10H8F6MnO4. The summed E-state index contributed by atoms with van der Waals surface area (Å²) in [6, 6.07) is 0. The number of carbonyl (C=O) groups is 4. The predicted octanol–water partition coefficient (Wildman–Crippen LogP) is 1.82. The number of hydrogen-bond donors (Lipinski definition) is 0. The molecule has 0 bridgehead atoms. The molecule has 0 aromatic heterocycles. The zero-order valence-corrected chi connectivity index (χ0v) is 11.3. The van der Waals surface area contributed by atoms with Gasteiger partial charge >= 0.3 is 29.4 Å². The summed E-state index contributed by atoms with van der Waals surface area (Å²) in [7, 11) is 0. The molecule has 0 saturated heterocycles. The summed E-state index contributed by atoms with van der Waals surface area (Å²) >= 11 is 0. The maximum Gasteiger partial charge on any atom is 2.00 e. The third-order valence-electron chi connectivity index (χ3n) is 1.35. The summed E-state index contributed by atoms with van der Waals surface area (Å²) < 4.78 is 67.7. The van der Waals surface area contributed by atoms with Crippen molar-refractivity contribution in [1.29, 1.82) is 0 Å². The second-order valence-corrected chi connectivity index (χ2v) is 3.27. The van der Waals surface area contributed by atoms with Gasteiger partial charge in [-0.05, 0) is 0 Å². The standard InChI is InChI=1S/2C5H4F3O2.Mn/c2*1-3(9)2-4(10)5(6,7)8;/h2*1-2H2;/q2*-1;+2. The third-order valence-corrected chi connectivity index (χ3v) is 1.35. The van der Waals surface area contributed by atoms with Gasteiger partial charge in [0.1, 0.15) is 0 Å². The van der Waals surface area contributed by atoms with Crippen LogP contribution in [0.15, 0.2) is 0 Å². The Morgan fingerprint density at radius 3 is 0.905 bits per heavy atom. The molecule has 0 aliphatic rings. The van der Waals surface area contributed by atoms with E-state index in [0.29, 0.717) is 0 Å². The molecule has 0 atom stereocenters. The average Bonchev–Trinajstić information content (AvgIpc) is 2.13. The van der Waals surface area contributed by atoms with Crippen LogP contribution in [-0.4, -0.2) is 35.5 Å². The fourth-order valence-electron chi connectivity index (χ4n) is 0.559. The van der Waals surface area contributed by atoms with Crippen LogP contribution in [0.3, 0.4) is 0 Å². The van der Waals surface area contributed by atoms with Crippen molar-refractivity contribution < 1.29 is 62.6 Å². The van der Waals surface area contributed by atoms with Gasteiger partial charge in [0.2, 0.25) is 11.6 Å². The van der Waals surface area contributed by atoms with Crippen LogP contribution in [0.1, 0.15) is 12.8 Å². The molecule has 21 heavy (non-hydrogen) atoms. The van der Waals surface area contributed by atoms with Gasteiger partial charge in [-0.2, -0.15) is 26.3 Å². The zero-order chi connectivity index (χ0) is 16.7. The van der Waals surface area contributed by atoms with Crippen molar-refractivity contribution in [3.8, 4) is 0 Å². The van der Waals surface area contributed by atoms with Crippen LogP contribution in [0, 0.1) is 13.8 Å². The minimum Gasteiger partial charge on any atom is -0.339 e. The quantitative estimate of drug-likeness (QED) is 0.332. The Morgan fingerprint density at radius 1 is 0.667 bits per heavy atom. The van der Waals surface area contributed by atoms with Crippen LogP contribution < -0.4 is 0 Å². The molecule has 0 fully saturated rings. The van der Waals surface area contributed by atoms with E-state index in [1.54, 1.807) is 0 Å². The molecule has 0 aliphatic heterocycles. The normalized spacial score (nSPS) is 10.6. The first-order valence-electron chi connectivity index (χ1n) is 4.57. The zero-order valence-electron chi connectivity index (χ0n) is 10.1. The Balaban J connectivity index is -0.000000295. The Hall–Kier alpha value is -1.48. The summed E-state index contributed by atoms with van der Waals surface area (Å²) in [5.74, 6) is -6.15. The Labute approximate surface area is 125 Å². The summed E-state index contributed by atoms with van der Waals surface area (Å²) in [6.07, 6.45) is -12.1. The van der Waals surface area contributed by atoms with Crippen molar-refractivity contribution in [2.24, 2.45) is 0 Å². The van der Waals surface area contributed by atoms with E-state index in [1.807, 2.05) is 0 Å². The molecule has 0 saturated carbocycles. The van der Waals surface area contributed by atoms with Crippen molar-refractivity contribution >= 4 is 23.1 Å². The fourth-order valence-corrected chi connectivity index (χ4v) is 0.559. The van der Waals surface area contributed by atoms with Gasteiger partial charge in [0, 0.05) is 24.4 Å². The van der Waals surface area contributed by atoms with Gasteiger partial charge in [-0.25, -0.2) is 0 Å². The summed E-state index contributed by atoms with van der Waals surface area (Å²) in [5, 5.41) is 0. The van der Waals surface area contributed by atoms with Crippen LogP contribution in [0.4, 0.5) is 26.3 Å². The maximum atomic E-state index is 11.3. The van der Waals surface area contributed by atoms with Gasteiger partial charge < -0.3 is 23.4 Å². The van der Waals surface area contributed by atoms with E-state index in [9.17, 15) is 45.5 Å². The number of ketones is 4. The smallest absolute Gasteiger partial charge is 0.339 e. The number of Topliss-reactive ketones (excluding diaryl/α,β-unsaturated/α-hetero) is 4. The molecule has 0 N–H and O–H groups in total. The number of hydrogen-bond acceptors (Lipinski definition) is 4. The molecule has 0 aliphatic carbocycles. The van der Waals surface area contributed by atoms with E-state index in [-0.39, 0.29) is 17.1 Å². The Bertz CT molecular complexity index is 361. The van der Waals surface area contributed by atoms with Crippen molar-refractivity contribution in [3.05, 3.63) is 13.8 Å². The third kappa shape index (κ3) is 14.7. The van der Waals surface area contributed by atoms with Crippen LogP contribution in [0.25, 0.3) is 0 Å². The van der Waals surface area contributed by atoms with Crippen molar-refractivity contribution in [3.63, 3.8) is 0 Å². The SMILES string of the molecule is [CH2-]C(=O)CC(=O)C(F)(F)F.[CH2-]C(=O)CC(=O)C(F)(F)F.[Mn+2]. The van der Waals surface area contributed by atoms with Gasteiger partial charge in [-0.3, -0.25) is 9.59 Å². The Morgan fingerprint density at radius 2 is 0.857 bits per heavy atom. The van der Waals surface area contributed by atoms with E-state index in [4.69, 9.17) is 0 Å². The van der Waals surface area contributed by atoms with E-state index in [1.165, 1.54) is 0 Å². The average molecular weight is 361 g/mol. The van der Waals surface area contributed by atoms with Gasteiger partial charge in [0.05, 0.1) is 0 Å². The van der Waals surface area contributed by atoms with E-state index < -0.39 is 48.3 Å². The maximum absolute atomic E-state index is 11.3. The molecule has 1 radical (unpaired) electrons. The van der Waals surface area contributed by atoms with Gasteiger partial charge in [-0.15, -0.1) is 0 Å². The number of halogens is 6. The number of rotatable bonds is 4.